The molecule has 0 radical (unpaired) electrons. The van der Waals surface area contributed by atoms with Gasteiger partial charge in [0.15, 0.2) is 0 Å². The monoisotopic (exact) mass is 310 g/mol. The highest BCUT2D eigenvalue weighted by Crippen LogP contribution is 2.28. The molecule has 1 aromatic rings. The largest absolute Gasteiger partial charge is 0.465 e. The van der Waals surface area contributed by atoms with Gasteiger partial charge in [0.05, 0.1) is 6.61 Å². The first-order valence-corrected chi connectivity index (χ1v) is 7.88. The smallest absolute Gasteiger partial charge is 0.328 e. The number of nitrogens with one attached hydrogen (secondary N) is 1. The second-order valence-corrected chi connectivity index (χ2v) is 5.73. The Labute approximate surface area is 131 Å². The van der Waals surface area contributed by atoms with Crippen molar-refractivity contribution >= 4 is 17.6 Å². The van der Waals surface area contributed by atoms with E-state index < -0.39 is 0 Å². The van der Waals surface area contributed by atoms with Crippen molar-refractivity contribution in [1.29, 1.82) is 0 Å². The van der Waals surface area contributed by atoms with E-state index in [4.69, 9.17) is 16.3 Å². The maximum atomic E-state index is 12.5. The summed E-state index contributed by atoms with van der Waals surface area (Å²) >= 11 is 6.03. The highest BCUT2D eigenvalue weighted by molar-refractivity contribution is 6.30. The van der Waals surface area contributed by atoms with E-state index in [1.165, 1.54) is 0 Å². The summed E-state index contributed by atoms with van der Waals surface area (Å²) in [5.41, 5.74) is 2.01. The third-order valence-corrected chi connectivity index (χ3v) is 4.01. The van der Waals surface area contributed by atoms with Crippen LogP contribution in [0.25, 0.3) is 0 Å². The number of nitrogens with zero attached hydrogens (tertiary/aromatic N) is 1. The van der Waals surface area contributed by atoms with Gasteiger partial charge in [-0.2, -0.15) is 0 Å². The topological polar surface area (TPSA) is 41.6 Å². The van der Waals surface area contributed by atoms with Crippen molar-refractivity contribution < 1.29 is 9.53 Å². The maximum absolute atomic E-state index is 12.5. The third-order valence-electron chi connectivity index (χ3n) is 3.78. The molecule has 1 unspecified atom stereocenters. The zero-order chi connectivity index (χ0) is 15.2. The van der Waals surface area contributed by atoms with E-state index in [1.807, 2.05) is 32.0 Å². The molecule has 4 nitrogen and oxygen atoms in total. The molecule has 1 aromatic carbocycles. The van der Waals surface area contributed by atoms with E-state index in [0.29, 0.717) is 11.6 Å². The van der Waals surface area contributed by atoms with Gasteiger partial charge in [-0.25, -0.2) is 4.79 Å². The Morgan fingerprint density at radius 3 is 2.95 bits per heavy atom. The summed E-state index contributed by atoms with van der Waals surface area (Å²) in [7, 11) is 0. The van der Waals surface area contributed by atoms with Gasteiger partial charge in [0.2, 0.25) is 0 Å². The Kier molecular flexibility index (Phi) is 6.03. The lowest BCUT2D eigenvalue weighted by Gasteiger charge is -2.30. The number of aryl methyl sites for hydroxylation is 1. The second kappa shape index (κ2) is 7.78. The lowest BCUT2D eigenvalue weighted by molar-refractivity contribution is -0.149. The van der Waals surface area contributed by atoms with Crippen LogP contribution in [0.15, 0.2) is 18.2 Å². The Morgan fingerprint density at radius 2 is 2.24 bits per heavy atom. The van der Waals surface area contributed by atoms with Crippen LogP contribution in [0.1, 0.15) is 30.5 Å². The van der Waals surface area contributed by atoms with Gasteiger partial charge in [-0.3, -0.25) is 4.90 Å². The molecular weight excluding hydrogens is 288 g/mol. The molecule has 0 amide bonds. The summed E-state index contributed by atoms with van der Waals surface area (Å²) in [6, 6.07) is 5.34. The van der Waals surface area contributed by atoms with Gasteiger partial charge in [0, 0.05) is 24.7 Å². The molecule has 0 saturated carbocycles. The molecule has 0 aliphatic carbocycles. The van der Waals surface area contributed by atoms with Crippen molar-refractivity contribution in [2.45, 2.75) is 26.3 Å². The number of rotatable bonds is 4. The van der Waals surface area contributed by atoms with Crippen molar-refractivity contribution in [2.24, 2.45) is 0 Å². The average molecular weight is 311 g/mol. The average Bonchev–Trinajstić information content (AvgIpc) is 2.71. The van der Waals surface area contributed by atoms with E-state index in [1.54, 1.807) is 0 Å². The van der Waals surface area contributed by atoms with Gasteiger partial charge in [-0.15, -0.1) is 0 Å². The Bertz CT molecular complexity index is 485. The number of ether oxygens (including phenoxy) is 1. The molecule has 1 N–H and O–H groups in total. The molecule has 0 spiro atoms. The number of carbonyl (C=O) groups is 1. The molecule has 1 saturated heterocycles. The number of benzene rings is 1. The van der Waals surface area contributed by atoms with Crippen LogP contribution in [-0.4, -0.2) is 43.7 Å². The van der Waals surface area contributed by atoms with Crippen LogP contribution in [0.2, 0.25) is 5.02 Å². The first kappa shape index (κ1) is 16.3. The molecule has 1 atom stereocenters. The van der Waals surface area contributed by atoms with Gasteiger partial charge in [0.25, 0.3) is 0 Å². The summed E-state index contributed by atoms with van der Waals surface area (Å²) in [5.74, 6) is -0.176. The number of esters is 1. The fourth-order valence-corrected chi connectivity index (χ4v) is 2.99. The van der Waals surface area contributed by atoms with Crippen LogP contribution in [-0.2, 0) is 9.53 Å². The second-order valence-electron chi connectivity index (χ2n) is 5.30. The van der Waals surface area contributed by atoms with Crippen LogP contribution in [0.4, 0.5) is 0 Å². The summed E-state index contributed by atoms with van der Waals surface area (Å²) in [6.07, 6.45) is 1.03. The first-order valence-electron chi connectivity index (χ1n) is 7.51. The Morgan fingerprint density at radius 1 is 1.43 bits per heavy atom. The van der Waals surface area contributed by atoms with E-state index >= 15 is 0 Å². The van der Waals surface area contributed by atoms with E-state index in [9.17, 15) is 4.79 Å². The van der Waals surface area contributed by atoms with Crippen molar-refractivity contribution in [1.82, 2.24) is 10.2 Å². The van der Waals surface area contributed by atoms with E-state index in [0.717, 1.165) is 43.7 Å². The van der Waals surface area contributed by atoms with Gasteiger partial charge in [-0.05, 0) is 50.1 Å². The Hall–Kier alpha value is -1.10. The minimum Gasteiger partial charge on any atom is -0.465 e. The van der Waals surface area contributed by atoms with Gasteiger partial charge >= 0.3 is 5.97 Å². The zero-order valence-corrected chi connectivity index (χ0v) is 13.4. The normalized spacial score (nSPS) is 18.0. The van der Waals surface area contributed by atoms with Gasteiger partial charge in [0.1, 0.15) is 6.04 Å². The van der Waals surface area contributed by atoms with Crippen molar-refractivity contribution in [3.05, 3.63) is 34.3 Å². The number of hydrogen-bond acceptors (Lipinski definition) is 4. The molecule has 1 aliphatic rings. The number of carbonyl (C=O) groups excluding carboxylic acids is 1. The predicted molar refractivity (Wildman–Crippen MR) is 84.6 cm³/mol. The lowest BCUT2D eigenvalue weighted by Crippen LogP contribution is -2.38. The number of hydrogen-bond donors (Lipinski definition) is 1. The molecule has 116 valence electrons. The summed E-state index contributed by atoms with van der Waals surface area (Å²) in [5, 5.41) is 4.05. The Balaban J connectivity index is 2.32. The van der Waals surface area contributed by atoms with Crippen LogP contribution >= 0.6 is 11.6 Å². The van der Waals surface area contributed by atoms with Crippen molar-refractivity contribution in [3.63, 3.8) is 0 Å². The minimum absolute atomic E-state index is 0.176. The zero-order valence-electron chi connectivity index (χ0n) is 12.7. The van der Waals surface area contributed by atoms with Crippen LogP contribution in [0.3, 0.4) is 0 Å². The summed E-state index contributed by atoms with van der Waals surface area (Å²) in [6.45, 7) is 7.84. The predicted octanol–water partition coefficient (Wildman–Crippen LogP) is 2.55. The first-order chi connectivity index (χ1) is 10.1. The fraction of sp³-hybridized carbons (Fsp3) is 0.562. The number of halogens is 1. The summed E-state index contributed by atoms with van der Waals surface area (Å²) < 4.78 is 5.30. The maximum Gasteiger partial charge on any atom is 0.328 e. The molecule has 0 bridgehead atoms. The highest BCUT2D eigenvalue weighted by atomic mass is 35.5. The molecule has 1 heterocycles. The molecule has 21 heavy (non-hydrogen) atoms. The quantitative estimate of drug-likeness (QED) is 0.868. The third kappa shape index (κ3) is 4.19. The standard InChI is InChI=1S/C16H23ClN2O2/c1-3-21-16(20)15(19-9-4-7-18-8-10-19)14-6-5-13(17)11-12(14)2/h5-6,11,15,18H,3-4,7-10H2,1-2H3. The lowest BCUT2D eigenvalue weighted by atomic mass is 9.99. The molecule has 1 aliphatic heterocycles. The van der Waals surface area contributed by atoms with E-state index in [-0.39, 0.29) is 12.0 Å². The highest BCUT2D eigenvalue weighted by Gasteiger charge is 2.30. The molecule has 1 fully saturated rings. The van der Waals surface area contributed by atoms with Crippen LogP contribution in [0, 0.1) is 6.92 Å². The SMILES string of the molecule is CCOC(=O)C(c1ccc(Cl)cc1C)N1CCCNCC1. The molecule has 0 aromatic heterocycles. The van der Waals surface area contributed by atoms with Crippen molar-refractivity contribution in [2.75, 3.05) is 32.8 Å². The molecule has 2 rings (SSSR count). The summed E-state index contributed by atoms with van der Waals surface area (Å²) in [4.78, 5) is 14.7. The van der Waals surface area contributed by atoms with Gasteiger partial charge in [-0.1, -0.05) is 17.7 Å². The van der Waals surface area contributed by atoms with Gasteiger partial charge < -0.3 is 10.1 Å². The van der Waals surface area contributed by atoms with Crippen LogP contribution < -0.4 is 5.32 Å². The van der Waals surface area contributed by atoms with Crippen molar-refractivity contribution in [3.8, 4) is 0 Å². The molecular formula is C16H23ClN2O2. The fourth-order valence-electron chi connectivity index (χ4n) is 2.76. The van der Waals surface area contributed by atoms with Crippen LogP contribution in [0.5, 0.6) is 0 Å². The minimum atomic E-state index is -0.345. The van der Waals surface area contributed by atoms with E-state index in [2.05, 4.69) is 10.2 Å². The molecule has 5 heteroatoms.